The Balaban J connectivity index is 1.64. The van der Waals surface area contributed by atoms with Gasteiger partial charge in [0.05, 0.1) is 30.2 Å². The zero-order valence-corrected chi connectivity index (χ0v) is 15.7. The van der Waals surface area contributed by atoms with Crippen LogP contribution in [0.2, 0.25) is 0 Å². The van der Waals surface area contributed by atoms with Gasteiger partial charge in [0.1, 0.15) is 5.75 Å². The molecule has 0 aromatic heterocycles. The highest BCUT2D eigenvalue weighted by molar-refractivity contribution is 6.24. The maximum Gasteiger partial charge on any atom is 0.257 e. The zero-order chi connectivity index (χ0) is 19.7. The maximum absolute atomic E-state index is 12.9. The minimum Gasteiger partial charge on any atom is -0.497 e. The fourth-order valence-corrected chi connectivity index (χ4v) is 4.16. The van der Waals surface area contributed by atoms with Gasteiger partial charge in [-0.2, -0.15) is 0 Å². The quantitative estimate of drug-likeness (QED) is 0.825. The van der Waals surface area contributed by atoms with Crippen LogP contribution in [0.4, 0.5) is 11.4 Å². The predicted molar refractivity (Wildman–Crippen MR) is 105 cm³/mol. The highest BCUT2D eigenvalue weighted by atomic mass is 16.5. The minimum atomic E-state index is -0.376. The van der Waals surface area contributed by atoms with Crippen LogP contribution in [-0.4, -0.2) is 24.8 Å². The molecule has 2 aromatic carbocycles. The lowest BCUT2D eigenvalue weighted by atomic mass is 9.81. The van der Waals surface area contributed by atoms with Crippen molar-refractivity contribution in [2.24, 2.45) is 11.8 Å². The van der Waals surface area contributed by atoms with Crippen LogP contribution < -0.4 is 15.0 Å². The second kappa shape index (κ2) is 7.46. The van der Waals surface area contributed by atoms with E-state index < -0.39 is 0 Å². The van der Waals surface area contributed by atoms with Gasteiger partial charge in [-0.1, -0.05) is 31.0 Å². The van der Waals surface area contributed by atoms with E-state index in [0.29, 0.717) is 22.7 Å². The smallest absolute Gasteiger partial charge is 0.257 e. The summed E-state index contributed by atoms with van der Waals surface area (Å²) in [5.41, 5.74) is 1.23. The van der Waals surface area contributed by atoms with E-state index in [-0.39, 0.29) is 29.6 Å². The summed E-state index contributed by atoms with van der Waals surface area (Å²) in [6.07, 6.45) is 3.41. The number of carbonyl (C=O) groups is 3. The predicted octanol–water partition coefficient (Wildman–Crippen LogP) is 3.63. The Labute approximate surface area is 163 Å². The Hall–Kier alpha value is -3.15. The van der Waals surface area contributed by atoms with E-state index in [2.05, 4.69) is 5.32 Å². The molecule has 6 heteroatoms. The number of nitrogens with zero attached hydrogens (tertiary/aromatic N) is 1. The number of rotatable bonds is 4. The molecule has 0 spiro atoms. The van der Waals surface area contributed by atoms with Crippen molar-refractivity contribution in [1.82, 2.24) is 0 Å². The molecule has 4 rings (SSSR count). The summed E-state index contributed by atoms with van der Waals surface area (Å²) in [5.74, 6) is -0.626. The summed E-state index contributed by atoms with van der Waals surface area (Å²) in [6, 6.07) is 13.8. The number of benzene rings is 2. The molecule has 6 nitrogen and oxygen atoms in total. The average Bonchev–Trinajstić information content (AvgIpc) is 2.98. The van der Waals surface area contributed by atoms with Crippen molar-refractivity contribution in [3.05, 3.63) is 54.1 Å². The lowest BCUT2D eigenvalue weighted by Gasteiger charge is -2.19. The average molecular weight is 378 g/mol. The van der Waals surface area contributed by atoms with Crippen molar-refractivity contribution >= 4 is 29.1 Å². The third-order valence-corrected chi connectivity index (χ3v) is 5.56. The fraction of sp³-hybridized carbons (Fsp3) is 0.318. The molecular formula is C22H22N2O4. The molecule has 28 heavy (non-hydrogen) atoms. The van der Waals surface area contributed by atoms with Crippen molar-refractivity contribution in [3.63, 3.8) is 0 Å². The first-order valence-electron chi connectivity index (χ1n) is 9.52. The molecule has 2 aliphatic rings. The summed E-state index contributed by atoms with van der Waals surface area (Å²) in [4.78, 5) is 40.0. The van der Waals surface area contributed by atoms with Gasteiger partial charge in [-0.05, 0) is 37.1 Å². The van der Waals surface area contributed by atoms with Gasteiger partial charge in [-0.3, -0.25) is 14.4 Å². The Kier molecular flexibility index (Phi) is 4.86. The van der Waals surface area contributed by atoms with Gasteiger partial charge in [0.25, 0.3) is 5.91 Å². The van der Waals surface area contributed by atoms with E-state index in [4.69, 9.17) is 4.74 Å². The van der Waals surface area contributed by atoms with Gasteiger partial charge in [0.2, 0.25) is 11.8 Å². The molecule has 1 heterocycles. The molecule has 0 radical (unpaired) electrons. The molecule has 1 saturated carbocycles. The van der Waals surface area contributed by atoms with Gasteiger partial charge in [0.15, 0.2) is 0 Å². The fourth-order valence-electron chi connectivity index (χ4n) is 4.16. The van der Waals surface area contributed by atoms with E-state index in [1.807, 2.05) is 0 Å². The van der Waals surface area contributed by atoms with E-state index in [1.165, 1.54) is 4.90 Å². The van der Waals surface area contributed by atoms with Crippen LogP contribution in [-0.2, 0) is 9.59 Å². The van der Waals surface area contributed by atoms with E-state index in [1.54, 1.807) is 55.6 Å². The van der Waals surface area contributed by atoms with Gasteiger partial charge in [0, 0.05) is 11.8 Å². The molecule has 1 N–H and O–H groups in total. The number of carbonyl (C=O) groups excluding carboxylic acids is 3. The first-order valence-corrected chi connectivity index (χ1v) is 9.52. The molecule has 2 aromatic rings. The third kappa shape index (κ3) is 3.15. The number of methoxy groups -OCH3 is 1. The summed E-state index contributed by atoms with van der Waals surface area (Å²) in [5, 5.41) is 2.82. The molecule has 2 atom stereocenters. The lowest BCUT2D eigenvalue weighted by Crippen LogP contribution is -2.32. The van der Waals surface area contributed by atoms with Crippen molar-refractivity contribution in [1.29, 1.82) is 0 Å². The number of nitrogens with one attached hydrogen (secondary N) is 1. The molecule has 1 saturated heterocycles. The first kappa shape index (κ1) is 18.2. The van der Waals surface area contributed by atoms with Crippen LogP contribution >= 0.6 is 0 Å². The van der Waals surface area contributed by atoms with Crippen LogP contribution in [0.1, 0.15) is 36.0 Å². The summed E-state index contributed by atoms with van der Waals surface area (Å²) >= 11 is 0. The topological polar surface area (TPSA) is 75.7 Å². The van der Waals surface area contributed by atoms with Crippen molar-refractivity contribution in [2.45, 2.75) is 25.7 Å². The van der Waals surface area contributed by atoms with Gasteiger partial charge in [-0.15, -0.1) is 0 Å². The lowest BCUT2D eigenvalue weighted by molar-refractivity contribution is -0.122. The number of ether oxygens (including phenoxy) is 1. The number of hydrogen-bond acceptors (Lipinski definition) is 4. The summed E-state index contributed by atoms with van der Waals surface area (Å²) < 4.78 is 5.18. The maximum atomic E-state index is 12.9. The molecule has 3 amide bonds. The standard InChI is InChI=1S/C22H22N2O4/c1-28-15-8-6-7-14(13-15)23-20(25)18-11-4-5-12-19(18)24-21(26)16-9-2-3-10-17(16)22(24)27/h4-8,11-13,16-17H,2-3,9-10H2,1H3,(H,23,25)/t16-,17-/m0/s1. The summed E-state index contributed by atoms with van der Waals surface area (Å²) in [7, 11) is 1.56. The van der Waals surface area contributed by atoms with Crippen molar-refractivity contribution < 1.29 is 19.1 Å². The molecule has 144 valence electrons. The molecule has 2 fully saturated rings. The third-order valence-electron chi connectivity index (χ3n) is 5.56. The number of imide groups is 1. The first-order chi connectivity index (χ1) is 13.6. The van der Waals surface area contributed by atoms with Crippen LogP contribution in [0.5, 0.6) is 5.75 Å². The number of fused-ring (bicyclic) bond motifs is 1. The summed E-state index contributed by atoms with van der Waals surface area (Å²) in [6.45, 7) is 0. The molecule has 1 aliphatic carbocycles. The van der Waals surface area contributed by atoms with E-state index >= 15 is 0 Å². The minimum absolute atomic E-state index is 0.184. The number of anilines is 2. The number of amides is 3. The van der Waals surface area contributed by atoms with Crippen molar-refractivity contribution in [2.75, 3.05) is 17.3 Å². The largest absolute Gasteiger partial charge is 0.497 e. The number of hydrogen-bond donors (Lipinski definition) is 1. The Morgan fingerprint density at radius 3 is 2.36 bits per heavy atom. The Morgan fingerprint density at radius 2 is 1.68 bits per heavy atom. The highest BCUT2D eigenvalue weighted by Crippen LogP contribution is 2.41. The SMILES string of the molecule is COc1cccc(NC(=O)c2ccccc2N2C(=O)[C@H]3CCCC[C@@H]3C2=O)c1. The monoisotopic (exact) mass is 378 g/mol. The zero-order valence-electron chi connectivity index (χ0n) is 15.7. The van der Waals surface area contributed by atoms with Gasteiger partial charge in [-0.25, -0.2) is 4.90 Å². The van der Waals surface area contributed by atoms with Crippen molar-refractivity contribution in [3.8, 4) is 5.75 Å². The second-order valence-corrected chi connectivity index (χ2v) is 7.21. The molecule has 0 unspecified atom stereocenters. The number of para-hydroxylation sites is 1. The Bertz CT molecular complexity index is 916. The van der Waals surface area contributed by atoms with Crippen LogP contribution in [0.15, 0.2) is 48.5 Å². The molecular weight excluding hydrogens is 356 g/mol. The Morgan fingerprint density at radius 1 is 1.00 bits per heavy atom. The van der Waals surface area contributed by atoms with Crippen LogP contribution in [0.3, 0.4) is 0 Å². The van der Waals surface area contributed by atoms with Crippen LogP contribution in [0.25, 0.3) is 0 Å². The van der Waals surface area contributed by atoms with Crippen LogP contribution in [0, 0.1) is 11.8 Å². The highest BCUT2D eigenvalue weighted by Gasteiger charge is 2.49. The second-order valence-electron chi connectivity index (χ2n) is 7.21. The van der Waals surface area contributed by atoms with Gasteiger partial charge < -0.3 is 10.1 Å². The van der Waals surface area contributed by atoms with Gasteiger partial charge >= 0.3 is 0 Å². The normalized spacial score (nSPS) is 21.4. The molecule has 0 bridgehead atoms. The van der Waals surface area contributed by atoms with E-state index in [9.17, 15) is 14.4 Å². The van der Waals surface area contributed by atoms with E-state index in [0.717, 1.165) is 25.7 Å². The molecule has 1 aliphatic heterocycles.